The second-order valence-corrected chi connectivity index (χ2v) is 10.2. The molecule has 0 bridgehead atoms. The highest BCUT2D eigenvalue weighted by Gasteiger charge is 2.30. The van der Waals surface area contributed by atoms with Gasteiger partial charge in [-0.05, 0) is 36.4 Å². The molecule has 0 radical (unpaired) electrons. The Morgan fingerprint density at radius 1 is 0.969 bits per heavy atom. The quantitative estimate of drug-likeness (QED) is 0.563. The SMILES string of the molecule is COc1ccc(-c2csc(N3CCN(S(=O)(=O)c4ccc5c(c4)OCCO5)CC3)n2)cc1. The second kappa shape index (κ2) is 8.61. The predicted molar refractivity (Wildman–Crippen MR) is 123 cm³/mol. The second-order valence-electron chi connectivity index (χ2n) is 7.44. The topological polar surface area (TPSA) is 81.2 Å². The molecule has 1 fully saturated rings. The fourth-order valence-electron chi connectivity index (χ4n) is 3.76. The standard InChI is InChI=1S/C22H23N3O5S2/c1-28-17-4-2-16(3-5-17)19-15-31-22(23-19)24-8-10-25(11-9-24)32(26,27)18-6-7-20-21(14-18)30-13-12-29-20/h2-7,14-15H,8-13H2,1H3. The van der Waals surface area contributed by atoms with Crippen molar-refractivity contribution in [3.63, 3.8) is 0 Å². The van der Waals surface area contributed by atoms with Crippen molar-refractivity contribution in [2.75, 3.05) is 51.4 Å². The molecule has 3 aromatic rings. The highest BCUT2D eigenvalue weighted by atomic mass is 32.2. The predicted octanol–water partition coefficient (Wildman–Crippen LogP) is 3.10. The average molecular weight is 474 g/mol. The third-order valence-electron chi connectivity index (χ3n) is 5.54. The normalized spacial score (nSPS) is 16.7. The first-order chi connectivity index (χ1) is 15.5. The van der Waals surface area contributed by atoms with Gasteiger partial charge in [-0.2, -0.15) is 4.31 Å². The van der Waals surface area contributed by atoms with Gasteiger partial charge in [-0.1, -0.05) is 0 Å². The first kappa shape index (κ1) is 21.0. The van der Waals surface area contributed by atoms with E-state index in [1.54, 1.807) is 36.6 Å². The summed E-state index contributed by atoms with van der Waals surface area (Å²) >= 11 is 1.57. The molecule has 0 saturated carbocycles. The Kier molecular flexibility index (Phi) is 5.66. The zero-order valence-corrected chi connectivity index (χ0v) is 19.2. The summed E-state index contributed by atoms with van der Waals surface area (Å²) < 4.78 is 44.1. The van der Waals surface area contributed by atoms with Crippen LogP contribution in [0.4, 0.5) is 5.13 Å². The summed E-state index contributed by atoms with van der Waals surface area (Å²) in [4.78, 5) is 7.12. The Hall–Kier alpha value is -2.82. The van der Waals surface area contributed by atoms with Crippen LogP contribution in [0.15, 0.2) is 52.7 Å². The molecule has 1 aromatic heterocycles. The number of sulfonamides is 1. The van der Waals surface area contributed by atoms with Gasteiger partial charge in [-0.25, -0.2) is 13.4 Å². The molecule has 1 saturated heterocycles. The molecule has 0 aliphatic carbocycles. The van der Waals surface area contributed by atoms with Gasteiger partial charge in [0.1, 0.15) is 19.0 Å². The number of benzene rings is 2. The summed E-state index contributed by atoms with van der Waals surface area (Å²) in [6, 6.07) is 12.6. The van der Waals surface area contributed by atoms with Gasteiger partial charge in [0.25, 0.3) is 0 Å². The average Bonchev–Trinajstić information content (AvgIpc) is 3.34. The Labute approximate surface area is 191 Å². The van der Waals surface area contributed by atoms with E-state index in [-0.39, 0.29) is 4.90 Å². The van der Waals surface area contributed by atoms with Gasteiger partial charge >= 0.3 is 0 Å². The highest BCUT2D eigenvalue weighted by Crippen LogP contribution is 2.34. The molecular weight excluding hydrogens is 450 g/mol. The zero-order valence-electron chi connectivity index (χ0n) is 17.6. The molecule has 0 amide bonds. The van der Waals surface area contributed by atoms with Crippen LogP contribution in [0.1, 0.15) is 0 Å². The summed E-state index contributed by atoms with van der Waals surface area (Å²) in [5, 5.41) is 2.92. The van der Waals surface area contributed by atoms with Crippen LogP contribution in [0.2, 0.25) is 0 Å². The van der Waals surface area contributed by atoms with Gasteiger partial charge < -0.3 is 19.1 Å². The summed E-state index contributed by atoms with van der Waals surface area (Å²) in [5.41, 5.74) is 1.92. The van der Waals surface area contributed by atoms with E-state index in [2.05, 4.69) is 4.90 Å². The zero-order chi connectivity index (χ0) is 22.1. The number of thiazole rings is 1. The lowest BCUT2D eigenvalue weighted by atomic mass is 10.2. The van der Waals surface area contributed by atoms with Gasteiger partial charge in [-0.15, -0.1) is 11.3 Å². The monoisotopic (exact) mass is 473 g/mol. The summed E-state index contributed by atoms with van der Waals surface area (Å²) in [6.45, 7) is 2.85. The van der Waals surface area contributed by atoms with E-state index >= 15 is 0 Å². The minimum atomic E-state index is -3.60. The fraction of sp³-hybridized carbons (Fsp3) is 0.318. The Morgan fingerprint density at radius 2 is 1.69 bits per heavy atom. The highest BCUT2D eigenvalue weighted by molar-refractivity contribution is 7.89. The van der Waals surface area contributed by atoms with Crippen molar-refractivity contribution in [3.05, 3.63) is 47.8 Å². The van der Waals surface area contributed by atoms with Gasteiger partial charge in [0.15, 0.2) is 16.6 Å². The lowest BCUT2D eigenvalue weighted by Crippen LogP contribution is -2.48. The molecule has 32 heavy (non-hydrogen) atoms. The number of anilines is 1. The van der Waals surface area contributed by atoms with Crippen LogP contribution in [-0.4, -0.2) is 64.2 Å². The maximum Gasteiger partial charge on any atom is 0.243 e. The minimum absolute atomic E-state index is 0.228. The van der Waals surface area contributed by atoms with Crippen LogP contribution in [-0.2, 0) is 10.0 Å². The van der Waals surface area contributed by atoms with E-state index in [4.69, 9.17) is 19.2 Å². The number of piperazine rings is 1. The van der Waals surface area contributed by atoms with Crippen LogP contribution >= 0.6 is 11.3 Å². The number of hydrogen-bond acceptors (Lipinski definition) is 8. The first-order valence-corrected chi connectivity index (χ1v) is 12.6. The summed E-state index contributed by atoms with van der Waals surface area (Å²) in [6.07, 6.45) is 0. The first-order valence-electron chi connectivity index (χ1n) is 10.3. The van der Waals surface area contributed by atoms with Crippen LogP contribution in [0, 0.1) is 0 Å². The molecule has 2 aliphatic heterocycles. The number of nitrogens with zero attached hydrogens (tertiary/aromatic N) is 3. The molecule has 168 valence electrons. The van der Waals surface area contributed by atoms with E-state index in [1.807, 2.05) is 29.6 Å². The van der Waals surface area contributed by atoms with Gasteiger partial charge in [0.05, 0.1) is 17.7 Å². The molecule has 10 heteroatoms. The number of hydrogen-bond donors (Lipinski definition) is 0. The Balaban J connectivity index is 1.26. The maximum absolute atomic E-state index is 13.1. The third kappa shape index (κ3) is 4.01. The summed E-state index contributed by atoms with van der Waals surface area (Å²) in [7, 11) is -1.96. The number of rotatable bonds is 5. The van der Waals surface area contributed by atoms with Crippen molar-refractivity contribution in [3.8, 4) is 28.5 Å². The van der Waals surface area contributed by atoms with Crippen molar-refractivity contribution in [1.29, 1.82) is 0 Å². The lowest BCUT2D eigenvalue weighted by Gasteiger charge is -2.34. The molecule has 2 aliphatic rings. The van der Waals surface area contributed by atoms with E-state index in [1.165, 1.54) is 4.31 Å². The molecule has 5 rings (SSSR count). The van der Waals surface area contributed by atoms with E-state index < -0.39 is 10.0 Å². The molecule has 8 nitrogen and oxygen atoms in total. The number of methoxy groups -OCH3 is 1. The van der Waals surface area contributed by atoms with Crippen LogP contribution in [0.3, 0.4) is 0 Å². The third-order valence-corrected chi connectivity index (χ3v) is 8.33. The smallest absolute Gasteiger partial charge is 0.243 e. The van der Waals surface area contributed by atoms with Crippen molar-refractivity contribution in [2.45, 2.75) is 4.90 Å². The largest absolute Gasteiger partial charge is 0.497 e. The van der Waals surface area contributed by atoms with E-state index in [9.17, 15) is 8.42 Å². The summed E-state index contributed by atoms with van der Waals surface area (Å²) in [5.74, 6) is 1.86. The van der Waals surface area contributed by atoms with Crippen LogP contribution in [0.5, 0.6) is 17.2 Å². The molecule has 3 heterocycles. The number of aromatic nitrogens is 1. The van der Waals surface area contributed by atoms with Crippen molar-refractivity contribution in [1.82, 2.24) is 9.29 Å². The Bertz CT molecular complexity index is 1200. The molecule has 0 atom stereocenters. The molecule has 0 spiro atoms. The molecular formula is C22H23N3O5S2. The van der Waals surface area contributed by atoms with E-state index in [0.717, 1.165) is 22.1 Å². The molecule has 2 aromatic carbocycles. The van der Waals surface area contributed by atoms with Crippen LogP contribution in [0.25, 0.3) is 11.3 Å². The number of ether oxygens (including phenoxy) is 3. The minimum Gasteiger partial charge on any atom is -0.497 e. The fourth-order valence-corrected chi connectivity index (χ4v) is 6.08. The maximum atomic E-state index is 13.1. The Morgan fingerprint density at radius 3 is 2.41 bits per heavy atom. The number of fused-ring (bicyclic) bond motifs is 1. The van der Waals surface area contributed by atoms with Crippen molar-refractivity contribution >= 4 is 26.5 Å². The molecule has 0 N–H and O–H groups in total. The molecule has 0 unspecified atom stereocenters. The van der Waals surface area contributed by atoms with Gasteiger partial charge in [-0.3, -0.25) is 0 Å². The van der Waals surface area contributed by atoms with Crippen molar-refractivity contribution < 1.29 is 22.6 Å². The van der Waals surface area contributed by atoms with E-state index in [0.29, 0.717) is 50.9 Å². The van der Waals surface area contributed by atoms with Gasteiger partial charge in [0.2, 0.25) is 10.0 Å². The van der Waals surface area contributed by atoms with Gasteiger partial charge in [0, 0.05) is 43.2 Å². The van der Waals surface area contributed by atoms with Crippen LogP contribution < -0.4 is 19.1 Å². The lowest BCUT2D eigenvalue weighted by molar-refractivity contribution is 0.171. The van der Waals surface area contributed by atoms with Crippen molar-refractivity contribution in [2.24, 2.45) is 0 Å².